The molecule has 0 aromatic rings. The first-order valence-corrected chi connectivity index (χ1v) is 9.61. The van der Waals surface area contributed by atoms with Gasteiger partial charge in [0.2, 0.25) is 0 Å². The fraction of sp³-hybridized carbons (Fsp3) is 1.00. The Balaban J connectivity index is 2.48. The first-order valence-electron chi connectivity index (χ1n) is 6.40. The largest absolute Gasteiger partial charge is 0.393 e. The molecule has 15 heavy (non-hydrogen) atoms. The van der Waals surface area contributed by atoms with Crippen molar-refractivity contribution in [1.82, 2.24) is 0 Å². The third-order valence-electron chi connectivity index (χ3n) is 4.65. The minimum atomic E-state index is -1.10. The molecule has 0 aromatic carbocycles. The lowest BCUT2D eigenvalue weighted by atomic mass is 9.89. The third kappa shape index (κ3) is 3.60. The normalized spacial score (nSPS) is 29.2. The van der Waals surface area contributed by atoms with E-state index in [1.54, 1.807) is 0 Å². The Labute approximate surface area is 96.3 Å². The summed E-state index contributed by atoms with van der Waals surface area (Å²) in [6.45, 7) is 12.3. The van der Waals surface area contributed by atoms with Gasteiger partial charge in [0.15, 0.2) is 0 Å². The fourth-order valence-corrected chi connectivity index (χ4v) is 4.84. The summed E-state index contributed by atoms with van der Waals surface area (Å²) in [7, 11) is -1.10. The molecule has 1 aliphatic rings. The van der Waals surface area contributed by atoms with Gasteiger partial charge in [-0.05, 0) is 36.6 Å². The highest BCUT2D eigenvalue weighted by atomic mass is 28.3. The molecule has 1 aliphatic carbocycles. The first-order chi connectivity index (χ1) is 6.72. The van der Waals surface area contributed by atoms with E-state index in [2.05, 4.69) is 33.9 Å². The molecule has 1 saturated carbocycles. The van der Waals surface area contributed by atoms with Crippen LogP contribution in [0.1, 0.15) is 46.5 Å². The van der Waals surface area contributed by atoms with Crippen molar-refractivity contribution < 1.29 is 5.11 Å². The quantitative estimate of drug-likeness (QED) is 0.707. The van der Waals surface area contributed by atoms with Crippen molar-refractivity contribution >= 4 is 8.07 Å². The molecule has 0 heterocycles. The maximum Gasteiger partial charge on any atom is 0.0540 e. The Bertz CT molecular complexity index is 197. The molecule has 0 radical (unpaired) electrons. The maximum absolute atomic E-state index is 9.50. The van der Waals surface area contributed by atoms with Gasteiger partial charge in [0.1, 0.15) is 0 Å². The van der Waals surface area contributed by atoms with Gasteiger partial charge >= 0.3 is 0 Å². The molecular formula is C13H28OSi. The fourth-order valence-electron chi connectivity index (χ4n) is 2.38. The van der Waals surface area contributed by atoms with Gasteiger partial charge in [0, 0.05) is 0 Å². The molecule has 2 heteroatoms. The van der Waals surface area contributed by atoms with E-state index < -0.39 is 8.07 Å². The van der Waals surface area contributed by atoms with E-state index in [0.717, 1.165) is 18.8 Å². The second kappa shape index (κ2) is 4.58. The van der Waals surface area contributed by atoms with Crippen LogP contribution in [0.25, 0.3) is 0 Å². The Morgan fingerprint density at radius 1 is 1.07 bits per heavy atom. The lowest BCUT2D eigenvalue weighted by Crippen LogP contribution is -2.39. The first kappa shape index (κ1) is 13.2. The van der Waals surface area contributed by atoms with Crippen molar-refractivity contribution in [1.29, 1.82) is 0 Å². The van der Waals surface area contributed by atoms with Crippen molar-refractivity contribution in [2.45, 2.75) is 76.7 Å². The predicted molar refractivity (Wildman–Crippen MR) is 70.0 cm³/mol. The van der Waals surface area contributed by atoms with Crippen LogP contribution in [0, 0.1) is 5.92 Å². The monoisotopic (exact) mass is 228 g/mol. The summed E-state index contributed by atoms with van der Waals surface area (Å²) in [5, 5.41) is 10.0. The number of aliphatic hydroxyl groups excluding tert-OH is 1. The van der Waals surface area contributed by atoms with Gasteiger partial charge in [-0.3, -0.25) is 0 Å². The zero-order valence-electron chi connectivity index (χ0n) is 11.1. The molecule has 1 fully saturated rings. The van der Waals surface area contributed by atoms with Gasteiger partial charge < -0.3 is 5.11 Å². The van der Waals surface area contributed by atoms with E-state index in [1.165, 1.54) is 18.9 Å². The molecular weight excluding hydrogens is 200 g/mol. The van der Waals surface area contributed by atoms with Crippen molar-refractivity contribution in [2.24, 2.45) is 5.92 Å². The van der Waals surface area contributed by atoms with Gasteiger partial charge in [-0.25, -0.2) is 0 Å². The van der Waals surface area contributed by atoms with Gasteiger partial charge in [-0.1, -0.05) is 39.9 Å². The van der Waals surface area contributed by atoms with Gasteiger partial charge in [-0.15, -0.1) is 0 Å². The molecule has 0 aromatic heterocycles. The lowest BCUT2D eigenvalue weighted by molar-refractivity contribution is 0.112. The molecule has 0 aliphatic heterocycles. The second-order valence-electron chi connectivity index (χ2n) is 7.01. The van der Waals surface area contributed by atoms with Crippen LogP contribution in [0.3, 0.4) is 0 Å². The maximum atomic E-state index is 9.50. The van der Waals surface area contributed by atoms with E-state index in [4.69, 9.17) is 0 Å². The highest BCUT2D eigenvalue weighted by Gasteiger charge is 2.37. The van der Waals surface area contributed by atoms with Crippen molar-refractivity contribution in [3.63, 3.8) is 0 Å². The third-order valence-corrected chi connectivity index (χ3v) is 10.3. The molecule has 0 spiro atoms. The summed E-state index contributed by atoms with van der Waals surface area (Å²) < 4.78 is 0. The smallest absolute Gasteiger partial charge is 0.0540 e. The van der Waals surface area contributed by atoms with Crippen LogP contribution >= 0.6 is 0 Å². The molecule has 1 nitrogen and oxygen atoms in total. The highest BCUT2D eigenvalue weighted by Crippen LogP contribution is 2.43. The van der Waals surface area contributed by atoms with Crippen LogP contribution in [0.4, 0.5) is 0 Å². The van der Waals surface area contributed by atoms with Crippen LogP contribution < -0.4 is 0 Å². The summed E-state index contributed by atoms with van der Waals surface area (Å²) >= 11 is 0. The average Bonchev–Trinajstić information content (AvgIpc) is 2.06. The van der Waals surface area contributed by atoms with Crippen molar-refractivity contribution in [3.05, 3.63) is 0 Å². The predicted octanol–water partition coefficient (Wildman–Crippen LogP) is 4.05. The average molecular weight is 228 g/mol. The summed E-state index contributed by atoms with van der Waals surface area (Å²) in [5.74, 6) is 0.897. The molecule has 90 valence electrons. The number of hydrogen-bond donors (Lipinski definition) is 1. The topological polar surface area (TPSA) is 20.2 Å². The van der Waals surface area contributed by atoms with Crippen molar-refractivity contribution in [3.8, 4) is 0 Å². The Kier molecular flexibility index (Phi) is 4.05. The summed E-state index contributed by atoms with van der Waals surface area (Å²) in [6.07, 6.45) is 4.60. The van der Waals surface area contributed by atoms with E-state index >= 15 is 0 Å². The Morgan fingerprint density at radius 3 is 1.93 bits per heavy atom. The van der Waals surface area contributed by atoms with Gasteiger partial charge in [0.05, 0.1) is 14.2 Å². The Morgan fingerprint density at radius 2 is 1.53 bits per heavy atom. The van der Waals surface area contributed by atoms with Crippen molar-refractivity contribution in [2.75, 3.05) is 0 Å². The van der Waals surface area contributed by atoms with E-state index in [9.17, 15) is 5.11 Å². The van der Waals surface area contributed by atoms with E-state index in [0.29, 0.717) is 5.04 Å². The number of aliphatic hydroxyl groups is 1. The number of rotatable bonds is 2. The number of hydrogen-bond acceptors (Lipinski definition) is 1. The zero-order valence-corrected chi connectivity index (χ0v) is 12.1. The molecule has 1 N–H and O–H groups in total. The minimum absolute atomic E-state index is 0.000616. The zero-order chi connectivity index (χ0) is 11.7. The molecule has 0 unspecified atom stereocenters. The summed E-state index contributed by atoms with van der Waals surface area (Å²) in [6, 6.07) is 1.45. The standard InChI is InChI=1S/C13H28OSi/c1-13(2,3)15(4,5)10-11-6-8-12(14)9-7-11/h11-12,14H,6-10H2,1-5H3/t11-,12-. The molecule has 1 rings (SSSR count). The highest BCUT2D eigenvalue weighted by molar-refractivity contribution is 6.80. The van der Waals surface area contributed by atoms with Crippen LogP contribution in [0.5, 0.6) is 0 Å². The summed E-state index contributed by atoms with van der Waals surface area (Å²) in [5.41, 5.74) is 0. The van der Waals surface area contributed by atoms with Gasteiger partial charge in [-0.2, -0.15) is 0 Å². The van der Waals surface area contributed by atoms with E-state index in [-0.39, 0.29) is 6.10 Å². The molecule has 0 amide bonds. The van der Waals surface area contributed by atoms with Crippen LogP contribution in [0.2, 0.25) is 24.2 Å². The minimum Gasteiger partial charge on any atom is -0.393 e. The lowest BCUT2D eigenvalue weighted by Gasteiger charge is -2.41. The summed E-state index contributed by atoms with van der Waals surface area (Å²) in [4.78, 5) is 0. The van der Waals surface area contributed by atoms with Crippen LogP contribution in [-0.4, -0.2) is 19.3 Å². The Hall–Kier alpha value is 0.177. The molecule has 0 saturated heterocycles. The van der Waals surface area contributed by atoms with E-state index in [1.807, 2.05) is 0 Å². The SMILES string of the molecule is CC(C)(C)[Si](C)(C)C[C@H]1CC[C@H](O)CC1. The van der Waals surface area contributed by atoms with Crippen LogP contribution in [0.15, 0.2) is 0 Å². The molecule has 0 bridgehead atoms. The second-order valence-corrected chi connectivity index (χ2v) is 12.7. The van der Waals surface area contributed by atoms with Crippen LogP contribution in [-0.2, 0) is 0 Å². The molecule has 0 atom stereocenters. The van der Waals surface area contributed by atoms with Gasteiger partial charge in [0.25, 0.3) is 0 Å².